The molecule has 0 spiro atoms. The van der Waals surface area contributed by atoms with Crippen molar-refractivity contribution in [2.24, 2.45) is 0 Å². The van der Waals surface area contributed by atoms with Crippen molar-refractivity contribution in [3.8, 4) is 5.75 Å². The van der Waals surface area contributed by atoms with Gasteiger partial charge >= 0.3 is 0 Å². The summed E-state index contributed by atoms with van der Waals surface area (Å²) in [4.78, 5) is 18.6. The average Bonchev–Trinajstić information content (AvgIpc) is 2.61. The zero-order valence-electron chi connectivity index (χ0n) is 10.8. The fourth-order valence-corrected chi connectivity index (χ4v) is 2.53. The maximum Gasteiger partial charge on any atom is 0.258 e. The summed E-state index contributed by atoms with van der Waals surface area (Å²) in [6.45, 7) is 1.55. The second-order valence-electron chi connectivity index (χ2n) is 4.54. The number of amides is 1. The maximum absolute atomic E-state index is 12.6. The van der Waals surface area contributed by atoms with Crippen LogP contribution in [0.15, 0.2) is 47.1 Å². The van der Waals surface area contributed by atoms with Crippen LogP contribution >= 0.6 is 15.9 Å². The van der Waals surface area contributed by atoms with Crippen molar-refractivity contribution in [1.82, 2.24) is 9.88 Å². The number of pyridine rings is 1. The monoisotopic (exact) mass is 332 g/mol. The Bertz CT molecular complexity index is 631. The minimum absolute atomic E-state index is 0.0237. The molecule has 0 saturated carbocycles. The first-order chi connectivity index (χ1) is 9.74. The van der Waals surface area contributed by atoms with Crippen LogP contribution in [0.5, 0.6) is 5.75 Å². The van der Waals surface area contributed by atoms with Crippen LogP contribution < -0.4 is 4.74 Å². The van der Waals surface area contributed by atoms with E-state index in [1.807, 2.05) is 30.3 Å². The van der Waals surface area contributed by atoms with Crippen molar-refractivity contribution in [2.75, 3.05) is 13.2 Å². The number of halogens is 1. The summed E-state index contributed by atoms with van der Waals surface area (Å²) in [5.74, 6) is 0.617. The van der Waals surface area contributed by atoms with Crippen molar-refractivity contribution in [2.45, 2.75) is 6.54 Å². The zero-order chi connectivity index (χ0) is 13.9. The number of carbonyl (C=O) groups is 1. The van der Waals surface area contributed by atoms with Gasteiger partial charge in [0.1, 0.15) is 12.4 Å². The highest BCUT2D eigenvalue weighted by atomic mass is 79.9. The molecule has 0 atom stereocenters. The van der Waals surface area contributed by atoms with Gasteiger partial charge in [-0.25, -0.2) is 0 Å². The van der Waals surface area contributed by atoms with Gasteiger partial charge in [0.2, 0.25) is 0 Å². The van der Waals surface area contributed by atoms with Crippen LogP contribution in [0.2, 0.25) is 0 Å². The molecule has 1 aromatic carbocycles. The fourth-order valence-electron chi connectivity index (χ4n) is 2.17. The molecule has 0 saturated heterocycles. The van der Waals surface area contributed by atoms with Crippen LogP contribution in [-0.4, -0.2) is 28.9 Å². The molecule has 1 aliphatic heterocycles. The molecule has 2 aromatic rings. The third-order valence-electron chi connectivity index (χ3n) is 3.16. The molecule has 102 valence electrons. The van der Waals surface area contributed by atoms with Gasteiger partial charge in [-0.2, -0.15) is 0 Å². The normalized spacial score (nSPS) is 14.4. The van der Waals surface area contributed by atoms with Gasteiger partial charge in [0, 0.05) is 10.7 Å². The SMILES string of the molecule is O=C1c2cc(Br)ccc2OCCN1Cc1ccccn1. The third kappa shape index (κ3) is 2.67. The number of aromatic nitrogens is 1. The Hall–Kier alpha value is -1.88. The molecule has 0 aliphatic carbocycles. The molecule has 0 radical (unpaired) electrons. The molecule has 1 amide bonds. The molecule has 2 heterocycles. The van der Waals surface area contributed by atoms with Gasteiger partial charge in [-0.1, -0.05) is 22.0 Å². The third-order valence-corrected chi connectivity index (χ3v) is 3.65. The lowest BCUT2D eigenvalue weighted by molar-refractivity contribution is 0.0741. The summed E-state index contributed by atoms with van der Waals surface area (Å²) in [6.07, 6.45) is 1.73. The van der Waals surface area contributed by atoms with Crippen molar-refractivity contribution < 1.29 is 9.53 Å². The van der Waals surface area contributed by atoms with E-state index in [1.165, 1.54) is 0 Å². The van der Waals surface area contributed by atoms with Gasteiger partial charge in [0.15, 0.2) is 0 Å². The highest BCUT2D eigenvalue weighted by Crippen LogP contribution is 2.27. The number of hydrogen-bond donors (Lipinski definition) is 0. The number of fused-ring (bicyclic) bond motifs is 1. The Morgan fingerprint density at radius 1 is 1.30 bits per heavy atom. The van der Waals surface area contributed by atoms with Crippen molar-refractivity contribution in [1.29, 1.82) is 0 Å². The number of hydrogen-bond acceptors (Lipinski definition) is 3. The molecule has 0 N–H and O–H groups in total. The Morgan fingerprint density at radius 3 is 3.00 bits per heavy atom. The van der Waals surface area contributed by atoms with Crippen LogP contribution in [0.25, 0.3) is 0 Å². The minimum Gasteiger partial charge on any atom is -0.491 e. The number of benzene rings is 1. The van der Waals surface area contributed by atoms with E-state index >= 15 is 0 Å². The molecule has 20 heavy (non-hydrogen) atoms. The lowest BCUT2D eigenvalue weighted by atomic mass is 10.1. The topological polar surface area (TPSA) is 42.4 Å². The minimum atomic E-state index is -0.0237. The van der Waals surface area contributed by atoms with Gasteiger partial charge in [0.25, 0.3) is 5.91 Å². The van der Waals surface area contributed by atoms with Crippen LogP contribution in [-0.2, 0) is 6.54 Å². The summed E-state index contributed by atoms with van der Waals surface area (Å²) in [5.41, 5.74) is 1.46. The zero-order valence-corrected chi connectivity index (χ0v) is 12.3. The first-order valence-corrected chi connectivity index (χ1v) is 7.15. The van der Waals surface area contributed by atoms with Gasteiger partial charge < -0.3 is 9.64 Å². The van der Waals surface area contributed by atoms with E-state index < -0.39 is 0 Å². The van der Waals surface area contributed by atoms with Crippen molar-refractivity contribution >= 4 is 21.8 Å². The van der Waals surface area contributed by atoms with E-state index in [4.69, 9.17) is 4.74 Å². The van der Waals surface area contributed by atoms with Crippen LogP contribution in [0.4, 0.5) is 0 Å². The summed E-state index contributed by atoms with van der Waals surface area (Å²) in [6, 6.07) is 11.2. The highest BCUT2D eigenvalue weighted by molar-refractivity contribution is 9.10. The van der Waals surface area contributed by atoms with E-state index in [1.54, 1.807) is 17.2 Å². The molecule has 1 aliphatic rings. The number of nitrogens with zero attached hydrogens (tertiary/aromatic N) is 2. The van der Waals surface area contributed by atoms with Crippen LogP contribution in [0, 0.1) is 0 Å². The molecule has 0 bridgehead atoms. The smallest absolute Gasteiger partial charge is 0.258 e. The van der Waals surface area contributed by atoms with E-state index in [2.05, 4.69) is 20.9 Å². The van der Waals surface area contributed by atoms with E-state index in [-0.39, 0.29) is 5.91 Å². The predicted octanol–water partition coefficient (Wildman–Crippen LogP) is 2.88. The summed E-state index contributed by atoms with van der Waals surface area (Å²) in [5, 5.41) is 0. The standard InChI is InChI=1S/C15H13BrN2O2/c16-11-4-5-14-13(9-11)15(19)18(7-8-20-14)10-12-3-1-2-6-17-12/h1-6,9H,7-8,10H2. The quantitative estimate of drug-likeness (QED) is 0.849. The first-order valence-electron chi connectivity index (χ1n) is 6.35. The van der Waals surface area contributed by atoms with Crippen LogP contribution in [0.1, 0.15) is 16.1 Å². The van der Waals surface area contributed by atoms with E-state index in [9.17, 15) is 4.79 Å². The van der Waals surface area contributed by atoms with E-state index in [0.29, 0.717) is 31.0 Å². The van der Waals surface area contributed by atoms with E-state index in [0.717, 1.165) is 10.2 Å². The predicted molar refractivity (Wildman–Crippen MR) is 78.6 cm³/mol. The van der Waals surface area contributed by atoms with Crippen molar-refractivity contribution in [3.63, 3.8) is 0 Å². The summed E-state index contributed by atoms with van der Waals surface area (Å²) < 4.78 is 6.51. The van der Waals surface area contributed by atoms with Gasteiger partial charge in [-0.05, 0) is 30.3 Å². The highest BCUT2D eigenvalue weighted by Gasteiger charge is 2.24. The molecule has 4 nitrogen and oxygen atoms in total. The summed E-state index contributed by atoms with van der Waals surface area (Å²) >= 11 is 3.39. The summed E-state index contributed by atoms with van der Waals surface area (Å²) in [7, 11) is 0. The number of rotatable bonds is 2. The van der Waals surface area contributed by atoms with Gasteiger partial charge in [-0.3, -0.25) is 9.78 Å². The molecule has 1 aromatic heterocycles. The van der Waals surface area contributed by atoms with Crippen molar-refractivity contribution in [3.05, 3.63) is 58.3 Å². The lowest BCUT2D eigenvalue weighted by Gasteiger charge is -2.19. The first kappa shape index (κ1) is 13.1. The van der Waals surface area contributed by atoms with Gasteiger partial charge in [0.05, 0.1) is 24.3 Å². The largest absolute Gasteiger partial charge is 0.491 e. The molecular formula is C15H13BrN2O2. The Balaban J connectivity index is 1.89. The lowest BCUT2D eigenvalue weighted by Crippen LogP contribution is -2.32. The average molecular weight is 333 g/mol. The Kier molecular flexibility index (Phi) is 3.69. The Morgan fingerprint density at radius 2 is 2.20 bits per heavy atom. The van der Waals surface area contributed by atoms with Gasteiger partial charge in [-0.15, -0.1) is 0 Å². The van der Waals surface area contributed by atoms with Crippen LogP contribution in [0.3, 0.4) is 0 Å². The second kappa shape index (κ2) is 5.63. The second-order valence-corrected chi connectivity index (χ2v) is 5.45. The number of carbonyl (C=O) groups excluding carboxylic acids is 1. The molecule has 0 fully saturated rings. The fraction of sp³-hybridized carbons (Fsp3) is 0.200. The Labute approximate surface area is 125 Å². The molecular weight excluding hydrogens is 320 g/mol. The number of ether oxygens (including phenoxy) is 1. The maximum atomic E-state index is 12.6. The molecule has 5 heteroatoms. The molecule has 0 unspecified atom stereocenters. The molecule has 3 rings (SSSR count).